The first-order chi connectivity index (χ1) is 15.4. The fourth-order valence-electron chi connectivity index (χ4n) is 3.27. The van der Waals surface area contributed by atoms with Crippen LogP contribution in [0.25, 0.3) is 10.2 Å². The molecule has 2 heterocycles. The second kappa shape index (κ2) is 9.44. The van der Waals surface area contributed by atoms with E-state index >= 15 is 0 Å². The van der Waals surface area contributed by atoms with Gasteiger partial charge in [0.05, 0.1) is 17.3 Å². The third-order valence-electron chi connectivity index (χ3n) is 4.99. The molecular weight excluding hydrogens is 432 g/mol. The summed E-state index contributed by atoms with van der Waals surface area (Å²) in [7, 11) is 1.32. The predicted molar refractivity (Wildman–Crippen MR) is 119 cm³/mol. The summed E-state index contributed by atoms with van der Waals surface area (Å²) in [6.07, 6.45) is 0. The number of rotatable bonds is 6. The average Bonchev–Trinajstić information content (AvgIpc) is 3.11. The van der Waals surface area contributed by atoms with Gasteiger partial charge in [0.2, 0.25) is 0 Å². The van der Waals surface area contributed by atoms with E-state index in [-0.39, 0.29) is 13.2 Å². The van der Waals surface area contributed by atoms with Gasteiger partial charge < -0.3 is 23.5 Å². The first-order valence-corrected chi connectivity index (χ1v) is 11.1. The summed E-state index contributed by atoms with van der Waals surface area (Å²) in [6, 6.07) is 11.2. The van der Waals surface area contributed by atoms with E-state index in [0.29, 0.717) is 46.7 Å². The first-order valence-electron chi connectivity index (χ1n) is 10.2. The topological polar surface area (TPSA) is 88.4 Å². The van der Waals surface area contributed by atoms with Crippen LogP contribution in [-0.2, 0) is 20.9 Å². The summed E-state index contributed by atoms with van der Waals surface area (Å²) in [6.45, 7) is 4.85. The molecule has 0 spiro atoms. The minimum atomic E-state index is -0.458. The summed E-state index contributed by atoms with van der Waals surface area (Å²) in [5, 5.41) is 0. The maximum atomic E-state index is 12.5. The number of carbonyl (C=O) groups is 2. The average molecular weight is 457 g/mol. The first kappa shape index (κ1) is 21.9. The van der Waals surface area contributed by atoms with Crippen molar-refractivity contribution in [2.45, 2.75) is 26.3 Å². The van der Waals surface area contributed by atoms with Crippen molar-refractivity contribution in [3.8, 4) is 17.2 Å². The molecule has 0 bridgehead atoms. The highest BCUT2D eigenvalue weighted by molar-refractivity contribution is 7.16. The number of benzene rings is 2. The molecule has 168 valence electrons. The van der Waals surface area contributed by atoms with Crippen LogP contribution >= 0.6 is 11.3 Å². The monoisotopic (exact) mass is 456 g/mol. The predicted octanol–water partition coefficient (Wildman–Crippen LogP) is 3.28. The lowest BCUT2D eigenvalue weighted by Gasteiger charge is -2.18. The number of amides is 1. The molecule has 8 nitrogen and oxygen atoms in total. The van der Waals surface area contributed by atoms with Gasteiger partial charge >= 0.3 is 5.97 Å². The van der Waals surface area contributed by atoms with Gasteiger partial charge in [-0.05, 0) is 23.6 Å². The van der Waals surface area contributed by atoms with E-state index in [0.717, 1.165) is 4.70 Å². The lowest BCUT2D eigenvalue weighted by molar-refractivity contribution is -0.141. The van der Waals surface area contributed by atoms with Crippen LogP contribution in [0.3, 0.4) is 0 Å². The Morgan fingerprint density at radius 2 is 1.81 bits per heavy atom. The minimum absolute atomic E-state index is 0.0836. The van der Waals surface area contributed by atoms with Crippen LogP contribution in [-0.4, -0.2) is 43.4 Å². The summed E-state index contributed by atoms with van der Waals surface area (Å²) in [5.74, 6) is 1.32. The quantitative estimate of drug-likeness (QED) is 0.529. The molecule has 0 fully saturated rings. The molecule has 0 aliphatic carbocycles. The normalized spacial score (nSPS) is 13.4. The van der Waals surface area contributed by atoms with Gasteiger partial charge in [0.25, 0.3) is 5.91 Å². The molecule has 1 aromatic heterocycles. The second-order valence-corrected chi connectivity index (χ2v) is 8.54. The molecule has 4 rings (SSSR count). The number of thiazole rings is 1. The highest BCUT2D eigenvalue weighted by Crippen LogP contribution is 2.35. The van der Waals surface area contributed by atoms with E-state index in [1.165, 1.54) is 24.0 Å². The molecule has 0 saturated heterocycles. The molecule has 0 unspecified atom stereocenters. The van der Waals surface area contributed by atoms with Gasteiger partial charge in [-0.3, -0.25) is 9.59 Å². The Balaban J connectivity index is 1.61. The van der Waals surface area contributed by atoms with Crippen molar-refractivity contribution in [2.75, 3.05) is 26.9 Å². The fourth-order valence-corrected chi connectivity index (χ4v) is 4.33. The molecule has 2 aromatic carbocycles. The van der Waals surface area contributed by atoms with Crippen molar-refractivity contribution >= 4 is 33.4 Å². The third kappa shape index (κ3) is 4.77. The van der Waals surface area contributed by atoms with Gasteiger partial charge in [-0.25, -0.2) is 0 Å². The van der Waals surface area contributed by atoms with Crippen LogP contribution in [0.1, 0.15) is 25.3 Å². The zero-order valence-corrected chi connectivity index (χ0v) is 18.9. The fraction of sp³-hybridized carbons (Fsp3) is 0.348. The standard InChI is InChI=1S/C23H24N2O6S/c1-14(2)15-4-6-16(7-5-15)31-13-21(26)24-23-25(12-22(27)28-3)17-10-18-19(11-20(17)32-23)30-9-8-29-18/h4-7,10-11,14H,8-9,12-13H2,1-3H3. The number of carbonyl (C=O) groups excluding carboxylic acids is 2. The third-order valence-corrected chi connectivity index (χ3v) is 6.03. The maximum Gasteiger partial charge on any atom is 0.325 e. The van der Waals surface area contributed by atoms with Crippen LogP contribution in [0.5, 0.6) is 17.2 Å². The molecule has 0 atom stereocenters. The maximum absolute atomic E-state index is 12.5. The molecule has 0 radical (unpaired) electrons. The Morgan fingerprint density at radius 3 is 2.47 bits per heavy atom. The van der Waals surface area contributed by atoms with E-state index in [4.69, 9.17) is 18.9 Å². The van der Waals surface area contributed by atoms with Crippen LogP contribution in [0, 0.1) is 0 Å². The Kier molecular flexibility index (Phi) is 6.45. The van der Waals surface area contributed by atoms with Crippen molar-refractivity contribution in [1.82, 2.24) is 4.57 Å². The van der Waals surface area contributed by atoms with Crippen LogP contribution in [0.15, 0.2) is 41.4 Å². The second-order valence-electron chi connectivity index (χ2n) is 7.53. The molecular formula is C23H24N2O6S. The number of esters is 1. The van der Waals surface area contributed by atoms with Crippen molar-refractivity contribution in [1.29, 1.82) is 0 Å². The zero-order chi connectivity index (χ0) is 22.7. The number of nitrogens with zero attached hydrogens (tertiary/aromatic N) is 2. The number of ether oxygens (including phenoxy) is 4. The van der Waals surface area contributed by atoms with Gasteiger partial charge in [0, 0.05) is 12.1 Å². The SMILES string of the molecule is COC(=O)Cn1c(=NC(=O)COc2ccc(C(C)C)cc2)sc2cc3c(cc21)OCCO3. The molecule has 1 aliphatic heterocycles. The highest BCUT2D eigenvalue weighted by Gasteiger charge is 2.18. The lowest BCUT2D eigenvalue weighted by atomic mass is 10.0. The van der Waals surface area contributed by atoms with Crippen LogP contribution in [0.4, 0.5) is 0 Å². The van der Waals surface area contributed by atoms with Gasteiger partial charge in [-0.15, -0.1) is 0 Å². The van der Waals surface area contributed by atoms with Crippen LogP contribution in [0.2, 0.25) is 0 Å². The smallest absolute Gasteiger partial charge is 0.325 e. The van der Waals surface area contributed by atoms with Crippen molar-refractivity contribution in [3.05, 3.63) is 46.8 Å². The molecule has 1 aliphatic rings. The van der Waals surface area contributed by atoms with Gasteiger partial charge in [0.15, 0.2) is 22.9 Å². The van der Waals surface area contributed by atoms with Gasteiger partial charge in [0.1, 0.15) is 25.5 Å². The summed E-state index contributed by atoms with van der Waals surface area (Å²) >= 11 is 1.28. The molecule has 0 saturated carbocycles. The summed E-state index contributed by atoms with van der Waals surface area (Å²) in [4.78, 5) is 29.1. The van der Waals surface area contributed by atoms with Crippen molar-refractivity contribution in [2.24, 2.45) is 4.99 Å². The summed E-state index contributed by atoms with van der Waals surface area (Å²) in [5.41, 5.74) is 1.90. The Bertz CT molecular complexity index is 1210. The highest BCUT2D eigenvalue weighted by atomic mass is 32.1. The van der Waals surface area contributed by atoms with E-state index in [1.807, 2.05) is 30.3 Å². The van der Waals surface area contributed by atoms with Gasteiger partial charge in [-0.2, -0.15) is 4.99 Å². The van der Waals surface area contributed by atoms with Gasteiger partial charge in [-0.1, -0.05) is 37.3 Å². The van der Waals surface area contributed by atoms with Crippen molar-refractivity contribution < 1.29 is 28.5 Å². The molecule has 9 heteroatoms. The van der Waals surface area contributed by atoms with E-state index in [1.54, 1.807) is 10.6 Å². The van der Waals surface area contributed by atoms with E-state index in [9.17, 15) is 9.59 Å². The largest absolute Gasteiger partial charge is 0.486 e. The molecule has 1 amide bonds. The lowest BCUT2D eigenvalue weighted by Crippen LogP contribution is -2.23. The number of methoxy groups -OCH3 is 1. The number of hydrogen-bond donors (Lipinski definition) is 0. The van der Waals surface area contributed by atoms with E-state index in [2.05, 4.69) is 18.8 Å². The Morgan fingerprint density at radius 1 is 1.12 bits per heavy atom. The molecule has 3 aromatic rings. The molecule has 32 heavy (non-hydrogen) atoms. The van der Waals surface area contributed by atoms with Crippen molar-refractivity contribution in [3.63, 3.8) is 0 Å². The Hall–Kier alpha value is -3.33. The number of hydrogen-bond acceptors (Lipinski definition) is 7. The molecule has 0 N–H and O–H groups in total. The number of aromatic nitrogens is 1. The minimum Gasteiger partial charge on any atom is -0.486 e. The number of fused-ring (bicyclic) bond motifs is 2. The van der Waals surface area contributed by atoms with Crippen LogP contribution < -0.4 is 19.0 Å². The zero-order valence-electron chi connectivity index (χ0n) is 18.1. The Labute approximate surface area is 189 Å². The summed E-state index contributed by atoms with van der Waals surface area (Å²) < 4.78 is 24.1. The van der Waals surface area contributed by atoms with E-state index < -0.39 is 11.9 Å².